The van der Waals surface area contributed by atoms with E-state index < -0.39 is 0 Å². The van der Waals surface area contributed by atoms with Gasteiger partial charge in [-0.05, 0) is 44.1 Å². The van der Waals surface area contributed by atoms with Gasteiger partial charge in [-0.15, -0.1) is 11.3 Å². The van der Waals surface area contributed by atoms with Gasteiger partial charge >= 0.3 is 0 Å². The predicted octanol–water partition coefficient (Wildman–Crippen LogP) is 4.97. The van der Waals surface area contributed by atoms with Crippen LogP contribution < -0.4 is 5.32 Å². The summed E-state index contributed by atoms with van der Waals surface area (Å²) in [6.07, 6.45) is 11.2. The van der Waals surface area contributed by atoms with E-state index in [1.165, 1.54) is 61.8 Å². The fraction of sp³-hybridized carbons (Fsp3) is 0.625. The van der Waals surface area contributed by atoms with Gasteiger partial charge in [0, 0.05) is 10.9 Å². The van der Waals surface area contributed by atoms with E-state index in [1.54, 1.807) is 0 Å². The number of rotatable bonds is 2. The molecule has 21 heavy (non-hydrogen) atoms. The van der Waals surface area contributed by atoms with Crippen LogP contribution in [-0.4, -0.2) is 16.0 Å². The minimum atomic E-state index is 0.524. The Kier molecular flexibility index (Phi) is 3.76. The van der Waals surface area contributed by atoms with Gasteiger partial charge in [0.1, 0.15) is 9.98 Å². The molecule has 1 fully saturated rings. The van der Waals surface area contributed by atoms with Gasteiger partial charge in [-0.1, -0.05) is 30.9 Å². The van der Waals surface area contributed by atoms with Crippen molar-refractivity contribution in [3.05, 3.63) is 15.6 Å². The molecule has 0 saturated heterocycles. The SMILES string of the molecule is Clc1nc(NC2CCCC2)nc2sc3c(c12)CCCCC3. The lowest BCUT2D eigenvalue weighted by Gasteiger charge is -2.12. The summed E-state index contributed by atoms with van der Waals surface area (Å²) in [5, 5.41) is 5.23. The van der Waals surface area contributed by atoms with Crippen LogP contribution in [0.3, 0.4) is 0 Å². The first kappa shape index (κ1) is 13.8. The van der Waals surface area contributed by atoms with Crippen LogP contribution in [0.15, 0.2) is 0 Å². The monoisotopic (exact) mass is 321 g/mol. The molecule has 1 N–H and O–H groups in total. The van der Waals surface area contributed by atoms with Crippen molar-refractivity contribution in [1.82, 2.24) is 9.97 Å². The van der Waals surface area contributed by atoms with Crippen molar-refractivity contribution in [2.45, 2.75) is 63.8 Å². The first-order valence-electron chi connectivity index (χ1n) is 8.05. The van der Waals surface area contributed by atoms with E-state index in [0.717, 1.165) is 22.6 Å². The molecule has 0 amide bonds. The molecule has 1 saturated carbocycles. The predicted molar refractivity (Wildman–Crippen MR) is 89.6 cm³/mol. The Hall–Kier alpha value is -0.870. The highest BCUT2D eigenvalue weighted by molar-refractivity contribution is 7.19. The molecule has 2 aliphatic carbocycles. The lowest BCUT2D eigenvalue weighted by Crippen LogP contribution is -2.16. The quantitative estimate of drug-likeness (QED) is 0.627. The lowest BCUT2D eigenvalue weighted by atomic mass is 10.1. The number of anilines is 1. The van der Waals surface area contributed by atoms with Crippen molar-refractivity contribution in [3.8, 4) is 0 Å². The summed E-state index contributed by atoms with van der Waals surface area (Å²) in [7, 11) is 0. The zero-order valence-electron chi connectivity index (χ0n) is 12.1. The van der Waals surface area contributed by atoms with E-state index in [4.69, 9.17) is 16.6 Å². The molecule has 0 aliphatic heterocycles. The minimum Gasteiger partial charge on any atom is -0.351 e. The van der Waals surface area contributed by atoms with E-state index in [1.807, 2.05) is 11.3 Å². The summed E-state index contributed by atoms with van der Waals surface area (Å²) in [5.74, 6) is 0.718. The zero-order chi connectivity index (χ0) is 14.2. The van der Waals surface area contributed by atoms with Crippen LogP contribution in [0.4, 0.5) is 5.95 Å². The number of halogens is 1. The number of hydrogen-bond donors (Lipinski definition) is 1. The highest BCUT2D eigenvalue weighted by atomic mass is 35.5. The minimum absolute atomic E-state index is 0.524. The Morgan fingerprint density at radius 2 is 1.81 bits per heavy atom. The van der Waals surface area contributed by atoms with Gasteiger partial charge in [0.2, 0.25) is 5.95 Å². The first-order chi connectivity index (χ1) is 10.3. The second kappa shape index (κ2) is 5.73. The molecule has 2 heterocycles. The van der Waals surface area contributed by atoms with Gasteiger partial charge in [-0.25, -0.2) is 9.97 Å². The smallest absolute Gasteiger partial charge is 0.225 e. The number of nitrogens with one attached hydrogen (secondary N) is 1. The summed E-state index contributed by atoms with van der Waals surface area (Å²) in [6.45, 7) is 0. The van der Waals surface area contributed by atoms with E-state index in [0.29, 0.717) is 11.2 Å². The summed E-state index contributed by atoms with van der Waals surface area (Å²) >= 11 is 8.32. The molecule has 0 radical (unpaired) electrons. The Balaban J connectivity index is 1.72. The standard InChI is InChI=1S/C16H20ClN3S/c17-14-13-11-8-2-1-3-9-12(11)21-15(13)20-16(19-14)18-10-6-4-5-7-10/h10H,1-9H2,(H,18,19,20). The van der Waals surface area contributed by atoms with Crippen molar-refractivity contribution in [3.63, 3.8) is 0 Å². The van der Waals surface area contributed by atoms with Gasteiger partial charge in [-0.3, -0.25) is 0 Å². The van der Waals surface area contributed by atoms with Crippen LogP contribution in [0.5, 0.6) is 0 Å². The molecule has 0 atom stereocenters. The highest BCUT2D eigenvalue weighted by Crippen LogP contribution is 2.38. The van der Waals surface area contributed by atoms with Crippen LogP contribution in [0.2, 0.25) is 5.15 Å². The third-order valence-corrected chi connectivity index (χ3v) is 6.17. The van der Waals surface area contributed by atoms with Crippen LogP contribution in [0.25, 0.3) is 10.2 Å². The fourth-order valence-corrected chi connectivity index (χ4v) is 5.21. The normalized spacial score (nSPS) is 19.7. The van der Waals surface area contributed by atoms with E-state index in [9.17, 15) is 0 Å². The molecule has 2 aromatic heterocycles. The molecular formula is C16H20ClN3S. The van der Waals surface area contributed by atoms with Crippen LogP contribution in [-0.2, 0) is 12.8 Å². The molecule has 0 spiro atoms. The largest absolute Gasteiger partial charge is 0.351 e. The third kappa shape index (κ3) is 2.64. The average Bonchev–Trinajstić information content (AvgIpc) is 3.02. The van der Waals surface area contributed by atoms with Crippen molar-refractivity contribution in [1.29, 1.82) is 0 Å². The average molecular weight is 322 g/mol. The zero-order valence-corrected chi connectivity index (χ0v) is 13.7. The second-order valence-electron chi connectivity index (χ2n) is 6.21. The molecule has 3 nitrogen and oxygen atoms in total. The first-order valence-corrected chi connectivity index (χ1v) is 9.25. The van der Waals surface area contributed by atoms with Gasteiger partial charge in [0.05, 0.1) is 5.39 Å². The topological polar surface area (TPSA) is 37.8 Å². The number of aromatic nitrogens is 2. The summed E-state index contributed by atoms with van der Waals surface area (Å²) in [4.78, 5) is 11.8. The molecule has 0 bridgehead atoms. The van der Waals surface area contributed by atoms with E-state index in [-0.39, 0.29) is 0 Å². The lowest BCUT2D eigenvalue weighted by molar-refractivity contribution is 0.713. The number of thiophene rings is 1. The highest BCUT2D eigenvalue weighted by Gasteiger charge is 2.21. The van der Waals surface area contributed by atoms with Crippen molar-refractivity contribution >= 4 is 39.1 Å². The Morgan fingerprint density at radius 3 is 2.67 bits per heavy atom. The van der Waals surface area contributed by atoms with Crippen molar-refractivity contribution in [2.75, 3.05) is 5.32 Å². The van der Waals surface area contributed by atoms with Crippen molar-refractivity contribution < 1.29 is 0 Å². The van der Waals surface area contributed by atoms with E-state index >= 15 is 0 Å². The number of fused-ring (bicyclic) bond motifs is 3. The summed E-state index contributed by atoms with van der Waals surface area (Å²) in [6, 6.07) is 0.524. The van der Waals surface area contributed by atoms with Gasteiger partial charge in [0.15, 0.2) is 0 Å². The molecule has 5 heteroatoms. The van der Waals surface area contributed by atoms with Crippen LogP contribution in [0, 0.1) is 0 Å². The van der Waals surface area contributed by atoms with Crippen molar-refractivity contribution in [2.24, 2.45) is 0 Å². The molecule has 0 aromatic carbocycles. The molecule has 2 aliphatic rings. The number of hydrogen-bond acceptors (Lipinski definition) is 4. The second-order valence-corrected chi connectivity index (χ2v) is 7.65. The van der Waals surface area contributed by atoms with E-state index in [2.05, 4.69) is 10.3 Å². The van der Waals surface area contributed by atoms with Gasteiger partial charge in [0.25, 0.3) is 0 Å². The maximum Gasteiger partial charge on any atom is 0.225 e. The Labute approximate surface area is 134 Å². The Morgan fingerprint density at radius 1 is 1.00 bits per heavy atom. The molecule has 0 unspecified atom stereocenters. The van der Waals surface area contributed by atoms with Gasteiger partial charge < -0.3 is 5.32 Å². The summed E-state index contributed by atoms with van der Waals surface area (Å²) < 4.78 is 0. The van der Waals surface area contributed by atoms with Gasteiger partial charge in [-0.2, -0.15) is 0 Å². The van der Waals surface area contributed by atoms with Crippen LogP contribution in [0.1, 0.15) is 55.4 Å². The fourth-order valence-electron chi connectivity index (χ4n) is 3.61. The maximum atomic E-state index is 6.49. The third-order valence-electron chi connectivity index (χ3n) is 4.71. The number of nitrogens with zero attached hydrogens (tertiary/aromatic N) is 2. The molecule has 112 valence electrons. The summed E-state index contributed by atoms with van der Waals surface area (Å²) in [5.41, 5.74) is 1.42. The molecule has 4 rings (SSSR count). The number of aryl methyl sites for hydroxylation is 2. The van der Waals surface area contributed by atoms with Crippen LogP contribution >= 0.6 is 22.9 Å². The Bertz CT molecular complexity index is 661. The molecule has 2 aromatic rings. The molecular weight excluding hydrogens is 302 g/mol. The maximum absolute atomic E-state index is 6.49.